The Bertz CT molecular complexity index is 1030. The highest BCUT2D eigenvalue weighted by molar-refractivity contribution is 6.47. The first kappa shape index (κ1) is 18.8. The summed E-state index contributed by atoms with van der Waals surface area (Å²) in [7, 11) is -1.36. The van der Waals surface area contributed by atoms with Gasteiger partial charge in [-0.05, 0) is 41.3 Å². The van der Waals surface area contributed by atoms with Crippen molar-refractivity contribution in [3.05, 3.63) is 64.2 Å². The first-order valence-electron chi connectivity index (χ1n) is 9.08. The smallest absolute Gasteiger partial charge is 0.534 e. The quantitative estimate of drug-likeness (QED) is 0.463. The van der Waals surface area contributed by atoms with Gasteiger partial charge < -0.3 is 31.2 Å². The van der Waals surface area contributed by atoms with Crippen LogP contribution < -0.4 is 21.0 Å². The van der Waals surface area contributed by atoms with Crippen LogP contribution in [0.2, 0.25) is 0 Å². The van der Waals surface area contributed by atoms with Crippen molar-refractivity contribution in [1.82, 2.24) is 10.6 Å². The topological polar surface area (TPSA) is 146 Å². The summed E-state index contributed by atoms with van der Waals surface area (Å²) in [4.78, 5) is 28.2. The van der Waals surface area contributed by atoms with Crippen LogP contribution in [0, 0.1) is 0 Å². The maximum atomic E-state index is 12.7. The van der Waals surface area contributed by atoms with Crippen molar-refractivity contribution in [2.75, 3.05) is 0 Å². The second-order valence-corrected chi connectivity index (χ2v) is 6.93. The van der Waals surface area contributed by atoms with Crippen LogP contribution in [0.5, 0.6) is 5.75 Å². The number of nitrogens with two attached hydrogens (primary N) is 1. The lowest BCUT2D eigenvalue weighted by Crippen LogP contribution is -2.53. The molecule has 0 fully saturated rings. The average molecular weight is 394 g/mol. The van der Waals surface area contributed by atoms with Gasteiger partial charge in [0.2, 0.25) is 0 Å². The zero-order valence-electron chi connectivity index (χ0n) is 15.4. The molecule has 148 valence electrons. The summed E-state index contributed by atoms with van der Waals surface area (Å²) >= 11 is 0. The molecule has 2 aromatic carbocycles. The van der Waals surface area contributed by atoms with Gasteiger partial charge in [0.05, 0.1) is 18.0 Å². The minimum atomic E-state index is -1.36. The van der Waals surface area contributed by atoms with E-state index in [1.54, 1.807) is 24.3 Å². The van der Waals surface area contributed by atoms with E-state index in [1.165, 1.54) is 6.07 Å². The highest BCUT2D eigenvalue weighted by Gasteiger charge is 2.37. The number of carbonyl (C=O) groups is 2. The molecule has 0 aromatic heterocycles. The number of benzene rings is 2. The Labute approximate surface area is 166 Å². The molecule has 0 radical (unpaired) electrons. The standard InChI is InChI=1S/C19H19BN4O5/c21-19-22-8-12-5-4-11(6-13(12)9-23-19)17(25)24-15-7-10-2-1-3-14(18(26)27)16(10)29-20(15)28/h1-6,15,28H,7-9H2,(H,24,25)(H,26,27)(H3,21,22,23)/t15-/m0/s1. The molecular formula is C19H19BN4O5. The SMILES string of the molecule is NC1=NCc2ccc(C(=O)N[C@H]3Cc4cccc(C(=O)O)c4OB3O)cc2CN1. The van der Waals surface area contributed by atoms with Crippen molar-refractivity contribution < 1.29 is 24.4 Å². The van der Waals surface area contributed by atoms with E-state index >= 15 is 0 Å². The number of nitrogens with one attached hydrogen (secondary N) is 2. The number of amides is 1. The Kier molecular flexibility index (Phi) is 4.85. The van der Waals surface area contributed by atoms with Crippen LogP contribution in [-0.4, -0.2) is 41.0 Å². The molecule has 0 saturated carbocycles. The van der Waals surface area contributed by atoms with Gasteiger partial charge in [0, 0.05) is 12.1 Å². The van der Waals surface area contributed by atoms with E-state index in [2.05, 4.69) is 15.6 Å². The molecule has 0 spiro atoms. The van der Waals surface area contributed by atoms with Crippen LogP contribution >= 0.6 is 0 Å². The number of fused-ring (bicyclic) bond motifs is 2. The lowest BCUT2D eigenvalue weighted by atomic mass is 9.72. The molecule has 9 nitrogen and oxygen atoms in total. The molecule has 2 heterocycles. The molecule has 0 aliphatic carbocycles. The van der Waals surface area contributed by atoms with Gasteiger partial charge in [0.25, 0.3) is 5.91 Å². The van der Waals surface area contributed by atoms with Crippen LogP contribution in [0.25, 0.3) is 0 Å². The molecule has 0 bridgehead atoms. The van der Waals surface area contributed by atoms with Crippen LogP contribution in [0.15, 0.2) is 41.4 Å². The number of carbonyl (C=O) groups excluding carboxylic acids is 1. The zero-order valence-corrected chi connectivity index (χ0v) is 15.4. The van der Waals surface area contributed by atoms with E-state index in [4.69, 9.17) is 10.4 Å². The summed E-state index contributed by atoms with van der Waals surface area (Å²) in [5.74, 6) is -1.73. The molecule has 2 aromatic rings. The number of carboxylic acid groups (broad SMARTS) is 1. The first-order valence-corrected chi connectivity index (χ1v) is 9.08. The maximum Gasteiger partial charge on any atom is 0.547 e. The fourth-order valence-electron chi connectivity index (χ4n) is 3.47. The molecule has 1 atom stereocenters. The fourth-order valence-corrected chi connectivity index (χ4v) is 3.47. The summed E-state index contributed by atoms with van der Waals surface area (Å²) in [5.41, 5.74) is 8.62. The van der Waals surface area contributed by atoms with Crippen LogP contribution in [0.4, 0.5) is 0 Å². The van der Waals surface area contributed by atoms with E-state index in [0.29, 0.717) is 30.2 Å². The van der Waals surface area contributed by atoms with Gasteiger partial charge in [-0.15, -0.1) is 0 Å². The lowest BCUT2D eigenvalue weighted by Gasteiger charge is -2.29. The number of carboxylic acids is 1. The van der Waals surface area contributed by atoms with Crippen LogP contribution in [0.1, 0.15) is 37.4 Å². The fraction of sp³-hybridized carbons (Fsp3) is 0.211. The normalized spacial score (nSPS) is 17.6. The van der Waals surface area contributed by atoms with E-state index < -0.39 is 19.0 Å². The number of hydrogen-bond acceptors (Lipinski definition) is 7. The number of rotatable bonds is 3. The van der Waals surface area contributed by atoms with E-state index in [1.807, 2.05) is 6.07 Å². The molecule has 2 aliphatic heterocycles. The molecule has 6 N–H and O–H groups in total. The van der Waals surface area contributed by atoms with Gasteiger partial charge >= 0.3 is 13.1 Å². The van der Waals surface area contributed by atoms with Crippen molar-refractivity contribution in [3.8, 4) is 5.75 Å². The van der Waals surface area contributed by atoms with Gasteiger partial charge in [-0.1, -0.05) is 18.2 Å². The number of para-hydroxylation sites is 1. The van der Waals surface area contributed by atoms with Crippen molar-refractivity contribution in [2.45, 2.75) is 25.5 Å². The Morgan fingerprint density at radius 1 is 1.24 bits per heavy atom. The van der Waals surface area contributed by atoms with E-state index in [-0.39, 0.29) is 23.6 Å². The predicted molar refractivity (Wildman–Crippen MR) is 106 cm³/mol. The molecule has 0 saturated heterocycles. The van der Waals surface area contributed by atoms with Gasteiger partial charge in [-0.25, -0.2) is 9.79 Å². The molecule has 1 amide bonds. The van der Waals surface area contributed by atoms with Gasteiger partial charge in [-0.3, -0.25) is 4.79 Å². The molecule has 10 heteroatoms. The van der Waals surface area contributed by atoms with Gasteiger partial charge in [0.1, 0.15) is 5.75 Å². The van der Waals surface area contributed by atoms with Crippen molar-refractivity contribution in [3.63, 3.8) is 0 Å². The number of guanidine groups is 1. The minimum absolute atomic E-state index is 0.0222. The van der Waals surface area contributed by atoms with Crippen molar-refractivity contribution in [1.29, 1.82) is 0 Å². The number of aromatic carboxylic acids is 1. The van der Waals surface area contributed by atoms with E-state index in [0.717, 1.165) is 11.1 Å². The summed E-state index contributed by atoms with van der Waals surface area (Å²) in [5, 5.41) is 25.3. The molecule has 0 unspecified atom stereocenters. The second kappa shape index (κ2) is 7.48. The Morgan fingerprint density at radius 2 is 2.07 bits per heavy atom. The average Bonchev–Trinajstić information content (AvgIpc) is 2.89. The lowest BCUT2D eigenvalue weighted by molar-refractivity contribution is 0.0693. The highest BCUT2D eigenvalue weighted by Crippen LogP contribution is 2.30. The van der Waals surface area contributed by atoms with Crippen LogP contribution in [-0.2, 0) is 19.5 Å². The van der Waals surface area contributed by atoms with Crippen molar-refractivity contribution in [2.24, 2.45) is 10.7 Å². The van der Waals surface area contributed by atoms with E-state index in [9.17, 15) is 19.7 Å². The number of hydrogen-bond donors (Lipinski definition) is 5. The largest absolute Gasteiger partial charge is 0.547 e. The minimum Gasteiger partial charge on any atom is -0.534 e. The summed E-state index contributed by atoms with van der Waals surface area (Å²) in [6, 6.07) is 10.0. The third kappa shape index (κ3) is 3.74. The number of aliphatic imine (C=N–C) groups is 1. The monoisotopic (exact) mass is 394 g/mol. The first-order chi connectivity index (χ1) is 13.9. The second-order valence-electron chi connectivity index (χ2n) is 6.93. The summed E-state index contributed by atoms with van der Waals surface area (Å²) in [6.07, 6.45) is 0.250. The summed E-state index contributed by atoms with van der Waals surface area (Å²) < 4.78 is 5.41. The maximum absolute atomic E-state index is 12.7. The molecule has 4 rings (SSSR count). The third-order valence-corrected chi connectivity index (χ3v) is 5.01. The predicted octanol–water partition coefficient (Wildman–Crippen LogP) is 0.0559. The molecule has 29 heavy (non-hydrogen) atoms. The highest BCUT2D eigenvalue weighted by atomic mass is 16.5. The molecular weight excluding hydrogens is 375 g/mol. The third-order valence-electron chi connectivity index (χ3n) is 5.01. The van der Waals surface area contributed by atoms with Gasteiger partial charge in [0.15, 0.2) is 5.96 Å². The zero-order chi connectivity index (χ0) is 20.5. The van der Waals surface area contributed by atoms with Gasteiger partial charge in [-0.2, -0.15) is 0 Å². The van der Waals surface area contributed by atoms with Crippen molar-refractivity contribution >= 4 is 25.0 Å². The Morgan fingerprint density at radius 3 is 2.86 bits per heavy atom. The Balaban J connectivity index is 1.51. The Hall–Kier alpha value is -3.53. The molecule has 2 aliphatic rings. The van der Waals surface area contributed by atoms with Crippen LogP contribution in [0.3, 0.4) is 0 Å². The summed E-state index contributed by atoms with van der Waals surface area (Å²) in [6.45, 7) is 0.903. The number of nitrogens with zero attached hydrogens (tertiary/aromatic N) is 1.